The van der Waals surface area contributed by atoms with Crippen LogP contribution in [-0.4, -0.2) is 31.0 Å². The van der Waals surface area contributed by atoms with Crippen molar-refractivity contribution in [2.45, 2.75) is 6.23 Å². The number of aliphatic hydroxyl groups is 1. The SMILES string of the molecule is OC1CNCCN1c1ccccc1F. The zero-order valence-corrected chi connectivity index (χ0v) is 7.78. The van der Waals surface area contributed by atoms with Crippen molar-refractivity contribution >= 4 is 5.69 Å². The highest BCUT2D eigenvalue weighted by Crippen LogP contribution is 2.20. The number of nitrogens with zero attached hydrogens (tertiary/aromatic N) is 1. The fourth-order valence-corrected chi connectivity index (χ4v) is 1.66. The molecule has 1 saturated heterocycles. The summed E-state index contributed by atoms with van der Waals surface area (Å²) in [4.78, 5) is 1.67. The molecule has 0 radical (unpaired) electrons. The number of nitrogens with one attached hydrogen (secondary N) is 1. The zero-order chi connectivity index (χ0) is 9.97. The van der Waals surface area contributed by atoms with Crippen LogP contribution in [0.2, 0.25) is 0 Å². The van der Waals surface area contributed by atoms with Gasteiger partial charge in [0.1, 0.15) is 12.0 Å². The van der Waals surface area contributed by atoms with Crippen LogP contribution in [0.3, 0.4) is 0 Å². The molecule has 1 atom stereocenters. The van der Waals surface area contributed by atoms with Crippen LogP contribution >= 0.6 is 0 Å². The fourth-order valence-electron chi connectivity index (χ4n) is 1.66. The Morgan fingerprint density at radius 1 is 1.43 bits per heavy atom. The molecule has 1 aliphatic rings. The first-order chi connectivity index (χ1) is 6.79. The summed E-state index contributed by atoms with van der Waals surface area (Å²) in [6.45, 7) is 1.88. The van der Waals surface area contributed by atoms with Crippen LogP contribution in [0.1, 0.15) is 0 Å². The van der Waals surface area contributed by atoms with Crippen LogP contribution in [0.25, 0.3) is 0 Å². The molecule has 1 aliphatic heterocycles. The number of hydrogen-bond acceptors (Lipinski definition) is 3. The summed E-state index contributed by atoms with van der Waals surface area (Å²) in [6.07, 6.45) is -0.638. The summed E-state index contributed by atoms with van der Waals surface area (Å²) in [5.41, 5.74) is 0.474. The van der Waals surface area contributed by atoms with E-state index >= 15 is 0 Å². The first-order valence-electron chi connectivity index (χ1n) is 4.69. The molecule has 1 aromatic rings. The van der Waals surface area contributed by atoms with E-state index in [0.717, 1.165) is 6.54 Å². The molecule has 1 fully saturated rings. The van der Waals surface area contributed by atoms with Crippen molar-refractivity contribution < 1.29 is 9.50 Å². The lowest BCUT2D eigenvalue weighted by Gasteiger charge is -2.34. The largest absolute Gasteiger partial charge is 0.372 e. The Kier molecular flexibility index (Phi) is 2.65. The number of rotatable bonds is 1. The van der Waals surface area contributed by atoms with E-state index in [1.54, 1.807) is 23.1 Å². The van der Waals surface area contributed by atoms with Gasteiger partial charge in [0.2, 0.25) is 0 Å². The summed E-state index contributed by atoms with van der Waals surface area (Å²) in [5, 5.41) is 12.7. The Bertz CT molecular complexity index is 319. The first-order valence-corrected chi connectivity index (χ1v) is 4.69. The number of hydrogen-bond donors (Lipinski definition) is 2. The highest BCUT2D eigenvalue weighted by molar-refractivity contribution is 5.48. The van der Waals surface area contributed by atoms with Gasteiger partial charge in [-0.3, -0.25) is 0 Å². The van der Waals surface area contributed by atoms with Crippen LogP contribution in [0.4, 0.5) is 10.1 Å². The third-order valence-corrected chi connectivity index (χ3v) is 2.38. The van der Waals surface area contributed by atoms with E-state index in [-0.39, 0.29) is 5.82 Å². The molecule has 4 heteroatoms. The van der Waals surface area contributed by atoms with Gasteiger partial charge in [0.25, 0.3) is 0 Å². The van der Waals surface area contributed by atoms with E-state index in [1.807, 2.05) is 0 Å². The van der Waals surface area contributed by atoms with E-state index in [4.69, 9.17) is 0 Å². The minimum absolute atomic E-state index is 0.284. The molecule has 14 heavy (non-hydrogen) atoms. The number of aliphatic hydroxyl groups excluding tert-OH is 1. The van der Waals surface area contributed by atoms with Crippen molar-refractivity contribution in [3.63, 3.8) is 0 Å². The van der Waals surface area contributed by atoms with E-state index in [0.29, 0.717) is 18.8 Å². The van der Waals surface area contributed by atoms with Crippen LogP contribution < -0.4 is 10.2 Å². The monoisotopic (exact) mass is 196 g/mol. The second-order valence-electron chi connectivity index (χ2n) is 3.33. The van der Waals surface area contributed by atoms with Crippen LogP contribution in [-0.2, 0) is 0 Å². The quantitative estimate of drug-likeness (QED) is 0.688. The zero-order valence-electron chi connectivity index (χ0n) is 7.78. The van der Waals surface area contributed by atoms with Crippen molar-refractivity contribution in [3.05, 3.63) is 30.1 Å². The number of para-hydroxylation sites is 1. The third kappa shape index (κ3) is 1.71. The van der Waals surface area contributed by atoms with Gasteiger partial charge in [-0.25, -0.2) is 4.39 Å². The van der Waals surface area contributed by atoms with Crippen molar-refractivity contribution in [1.29, 1.82) is 0 Å². The molecule has 3 nitrogen and oxygen atoms in total. The Morgan fingerprint density at radius 2 is 2.21 bits per heavy atom. The van der Waals surface area contributed by atoms with Crippen molar-refractivity contribution in [1.82, 2.24) is 5.32 Å². The third-order valence-electron chi connectivity index (χ3n) is 2.38. The Labute approximate surface area is 82.2 Å². The summed E-state index contributed by atoms with van der Waals surface area (Å²) in [5.74, 6) is -0.284. The smallest absolute Gasteiger partial charge is 0.146 e. The number of halogens is 1. The maximum atomic E-state index is 13.4. The fraction of sp³-hybridized carbons (Fsp3) is 0.400. The predicted molar refractivity (Wildman–Crippen MR) is 52.6 cm³/mol. The van der Waals surface area contributed by atoms with Gasteiger partial charge in [-0.1, -0.05) is 12.1 Å². The van der Waals surface area contributed by atoms with Gasteiger partial charge in [-0.05, 0) is 12.1 Å². The molecule has 0 aromatic heterocycles. The lowest BCUT2D eigenvalue weighted by atomic mass is 10.2. The summed E-state index contributed by atoms with van der Waals surface area (Å²) in [6, 6.07) is 6.51. The number of benzene rings is 1. The molecule has 0 amide bonds. The highest BCUT2D eigenvalue weighted by Gasteiger charge is 2.21. The van der Waals surface area contributed by atoms with Crippen LogP contribution in [0, 0.1) is 5.82 Å². The van der Waals surface area contributed by atoms with Gasteiger partial charge in [-0.15, -0.1) is 0 Å². The van der Waals surface area contributed by atoms with E-state index in [9.17, 15) is 9.50 Å². The Balaban J connectivity index is 2.25. The van der Waals surface area contributed by atoms with Gasteiger partial charge in [0, 0.05) is 19.6 Å². The first kappa shape index (κ1) is 9.43. The number of piperazine rings is 1. The summed E-state index contributed by atoms with van der Waals surface area (Å²) >= 11 is 0. The maximum absolute atomic E-state index is 13.4. The van der Waals surface area contributed by atoms with Gasteiger partial charge in [0.15, 0.2) is 0 Å². The molecule has 1 heterocycles. The Hall–Kier alpha value is -1.13. The van der Waals surface area contributed by atoms with Crippen LogP contribution in [0.5, 0.6) is 0 Å². The van der Waals surface area contributed by atoms with E-state index < -0.39 is 6.23 Å². The maximum Gasteiger partial charge on any atom is 0.146 e. The standard InChI is InChI=1S/C10H13FN2O/c11-8-3-1-2-4-9(8)13-6-5-12-7-10(13)14/h1-4,10,12,14H,5-7H2. The van der Waals surface area contributed by atoms with E-state index in [2.05, 4.69) is 5.32 Å². The predicted octanol–water partition coefficient (Wildman–Crippen LogP) is 0.554. The van der Waals surface area contributed by atoms with Crippen molar-refractivity contribution in [2.24, 2.45) is 0 Å². The van der Waals surface area contributed by atoms with Crippen molar-refractivity contribution in [3.8, 4) is 0 Å². The molecule has 0 saturated carbocycles. The minimum Gasteiger partial charge on any atom is -0.372 e. The van der Waals surface area contributed by atoms with E-state index in [1.165, 1.54) is 6.07 Å². The molecule has 1 aromatic carbocycles. The highest BCUT2D eigenvalue weighted by atomic mass is 19.1. The molecule has 2 rings (SSSR count). The lowest BCUT2D eigenvalue weighted by Crippen LogP contribution is -2.51. The minimum atomic E-state index is -0.638. The lowest BCUT2D eigenvalue weighted by molar-refractivity contribution is 0.151. The molecule has 76 valence electrons. The molecular formula is C10H13FN2O. The Morgan fingerprint density at radius 3 is 2.93 bits per heavy atom. The molecular weight excluding hydrogens is 183 g/mol. The summed E-state index contributed by atoms with van der Waals surface area (Å²) in [7, 11) is 0. The average Bonchev–Trinajstić information content (AvgIpc) is 2.20. The molecule has 2 N–H and O–H groups in total. The molecule has 0 aliphatic carbocycles. The average molecular weight is 196 g/mol. The number of β-amino-alcohol motifs (C(OH)–C–C–N with tert-alkyl or cyclic N) is 1. The summed E-state index contributed by atoms with van der Waals surface area (Å²) < 4.78 is 13.4. The second-order valence-corrected chi connectivity index (χ2v) is 3.33. The number of anilines is 1. The normalized spacial score (nSPS) is 22.4. The molecule has 1 unspecified atom stereocenters. The van der Waals surface area contributed by atoms with Gasteiger partial charge in [0.05, 0.1) is 5.69 Å². The topological polar surface area (TPSA) is 35.5 Å². The van der Waals surface area contributed by atoms with Crippen LogP contribution in [0.15, 0.2) is 24.3 Å². The molecule has 0 bridgehead atoms. The second kappa shape index (κ2) is 3.94. The van der Waals surface area contributed by atoms with Gasteiger partial charge >= 0.3 is 0 Å². The van der Waals surface area contributed by atoms with Crippen molar-refractivity contribution in [2.75, 3.05) is 24.5 Å². The molecule has 0 spiro atoms. The van der Waals surface area contributed by atoms with Gasteiger partial charge in [-0.2, -0.15) is 0 Å². The van der Waals surface area contributed by atoms with Gasteiger partial charge < -0.3 is 15.3 Å².